The first-order chi connectivity index (χ1) is 20.8. The van der Waals surface area contributed by atoms with Crippen molar-refractivity contribution in [3.8, 4) is 22.8 Å². The van der Waals surface area contributed by atoms with Crippen molar-refractivity contribution < 1.29 is 19.1 Å². The maximum absolute atomic E-state index is 13.5. The molecule has 0 atom stereocenters. The lowest BCUT2D eigenvalue weighted by Crippen LogP contribution is -2.52. The van der Waals surface area contributed by atoms with Crippen LogP contribution in [0, 0.1) is 0 Å². The molecule has 0 N–H and O–H groups in total. The number of benzene rings is 2. The van der Waals surface area contributed by atoms with Gasteiger partial charge in [0.1, 0.15) is 18.0 Å². The van der Waals surface area contributed by atoms with E-state index in [4.69, 9.17) is 32.7 Å². The van der Waals surface area contributed by atoms with Crippen LogP contribution in [0.4, 0.5) is 5.82 Å². The van der Waals surface area contributed by atoms with Crippen molar-refractivity contribution in [2.45, 2.75) is 13.8 Å². The first-order valence-corrected chi connectivity index (χ1v) is 15.1. The van der Waals surface area contributed by atoms with Crippen molar-refractivity contribution in [1.82, 2.24) is 24.9 Å². The smallest absolute Gasteiger partial charge is 0.255 e. The second kappa shape index (κ2) is 15.2. The molecule has 4 rings (SSSR count). The highest BCUT2D eigenvalue weighted by atomic mass is 35.5. The molecule has 0 aliphatic carbocycles. The van der Waals surface area contributed by atoms with Crippen molar-refractivity contribution in [3.63, 3.8) is 0 Å². The number of ether oxygens (including phenoxy) is 2. The average molecular weight is 630 g/mol. The van der Waals surface area contributed by atoms with Gasteiger partial charge < -0.3 is 29.1 Å². The number of halogens is 2. The maximum Gasteiger partial charge on any atom is 0.255 e. The molecule has 10 nitrogen and oxygen atoms in total. The highest BCUT2D eigenvalue weighted by molar-refractivity contribution is 6.36. The lowest BCUT2D eigenvalue weighted by molar-refractivity contribution is -0.132. The fraction of sp³-hybridized carbons (Fsp3) is 0.419. The van der Waals surface area contributed by atoms with Crippen molar-refractivity contribution in [1.29, 1.82) is 0 Å². The first kappa shape index (κ1) is 32.3. The van der Waals surface area contributed by atoms with Crippen LogP contribution in [0.25, 0.3) is 11.3 Å². The van der Waals surface area contributed by atoms with E-state index in [9.17, 15) is 9.59 Å². The third kappa shape index (κ3) is 8.07. The number of methoxy groups -OCH3 is 2. The third-order valence-corrected chi connectivity index (χ3v) is 8.19. The van der Waals surface area contributed by atoms with Gasteiger partial charge in [0.15, 0.2) is 5.82 Å². The van der Waals surface area contributed by atoms with E-state index in [1.807, 2.05) is 30.3 Å². The van der Waals surface area contributed by atoms with Crippen molar-refractivity contribution in [2.75, 3.05) is 78.0 Å². The molecule has 0 unspecified atom stereocenters. The zero-order valence-corrected chi connectivity index (χ0v) is 26.6. The number of anilines is 1. The van der Waals surface area contributed by atoms with E-state index in [-0.39, 0.29) is 23.4 Å². The number of carbonyl (C=O) groups is 2. The molecular formula is C31H38Cl2N6O4. The monoisotopic (exact) mass is 628 g/mol. The molecule has 2 amide bonds. The second-order valence-electron chi connectivity index (χ2n) is 10.1. The van der Waals surface area contributed by atoms with Crippen molar-refractivity contribution in [2.24, 2.45) is 0 Å². The Kier molecular flexibility index (Phi) is 11.4. The highest BCUT2D eigenvalue weighted by Crippen LogP contribution is 2.32. The standard InChI is InChI=1S/C31H38Cl2N6O4/c1-5-36(6-2)13-14-39(31(41)24-9-7-22(32)19-26(24)33)21-30(40)38-17-15-37(16-18-38)29-12-11-27(34-35-29)25-10-8-23(42-3)20-28(25)43-4/h7-12,19-20H,5-6,13-18,21H2,1-4H3. The number of hydrogen-bond donors (Lipinski definition) is 0. The van der Waals surface area contributed by atoms with Gasteiger partial charge in [0.05, 0.1) is 30.5 Å². The molecule has 230 valence electrons. The molecule has 1 aliphatic rings. The lowest BCUT2D eigenvalue weighted by atomic mass is 10.1. The number of amides is 2. The van der Waals surface area contributed by atoms with Crippen LogP contribution >= 0.6 is 23.2 Å². The number of piperazine rings is 1. The average Bonchev–Trinajstić information content (AvgIpc) is 3.04. The topological polar surface area (TPSA) is 91.3 Å². The molecule has 2 heterocycles. The lowest BCUT2D eigenvalue weighted by Gasteiger charge is -2.36. The molecular weight excluding hydrogens is 591 g/mol. The molecule has 0 radical (unpaired) electrons. The fourth-order valence-corrected chi connectivity index (χ4v) is 5.47. The minimum Gasteiger partial charge on any atom is -0.497 e. The van der Waals surface area contributed by atoms with E-state index in [2.05, 4.69) is 33.8 Å². The summed E-state index contributed by atoms with van der Waals surface area (Å²) in [7, 11) is 3.21. The Labute approximate surface area is 263 Å². The first-order valence-electron chi connectivity index (χ1n) is 14.3. The van der Waals surface area contributed by atoms with E-state index in [1.54, 1.807) is 42.2 Å². The van der Waals surface area contributed by atoms with Crippen LogP contribution in [0.5, 0.6) is 11.5 Å². The molecule has 43 heavy (non-hydrogen) atoms. The summed E-state index contributed by atoms with van der Waals surface area (Å²) in [6.45, 7) is 9.11. The Morgan fingerprint density at radius 1 is 0.884 bits per heavy atom. The molecule has 12 heteroatoms. The number of hydrogen-bond acceptors (Lipinski definition) is 8. The van der Waals surface area contributed by atoms with Gasteiger partial charge in [-0.1, -0.05) is 37.0 Å². The molecule has 1 aromatic heterocycles. The van der Waals surface area contributed by atoms with E-state index in [0.29, 0.717) is 67.0 Å². The summed E-state index contributed by atoms with van der Waals surface area (Å²) in [6, 6.07) is 14.2. The second-order valence-corrected chi connectivity index (χ2v) is 10.9. The largest absolute Gasteiger partial charge is 0.497 e. The van der Waals surface area contributed by atoms with Gasteiger partial charge >= 0.3 is 0 Å². The van der Waals surface area contributed by atoms with Crippen LogP contribution in [0.2, 0.25) is 10.0 Å². The predicted octanol–water partition coefficient (Wildman–Crippen LogP) is 4.60. The summed E-state index contributed by atoms with van der Waals surface area (Å²) in [5.74, 6) is 1.69. The van der Waals surface area contributed by atoms with Crippen LogP contribution < -0.4 is 14.4 Å². The molecule has 0 saturated carbocycles. The molecule has 3 aromatic rings. The van der Waals surface area contributed by atoms with E-state index < -0.39 is 0 Å². The number of carbonyl (C=O) groups excluding carboxylic acids is 2. The summed E-state index contributed by atoms with van der Waals surface area (Å²) >= 11 is 12.4. The molecule has 1 fully saturated rings. The van der Waals surface area contributed by atoms with Crippen LogP contribution in [0.15, 0.2) is 48.5 Å². The molecule has 2 aromatic carbocycles. The maximum atomic E-state index is 13.5. The van der Waals surface area contributed by atoms with Gasteiger partial charge in [-0.25, -0.2) is 0 Å². The Balaban J connectivity index is 1.39. The van der Waals surface area contributed by atoms with Crippen LogP contribution in [0.1, 0.15) is 24.2 Å². The Morgan fingerprint density at radius 3 is 2.23 bits per heavy atom. The number of likely N-dealkylation sites (N-methyl/N-ethyl adjacent to an activating group) is 1. The van der Waals surface area contributed by atoms with Gasteiger partial charge in [0, 0.05) is 55.9 Å². The van der Waals surface area contributed by atoms with Crippen LogP contribution in [-0.2, 0) is 4.79 Å². The van der Waals surface area contributed by atoms with Gasteiger partial charge in [0.25, 0.3) is 5.91 Å². The highest BCUT2D eigenvalue weighted by Gasteiger charge is 2.27. The number of aromatic nitrogens is 2. The van der Waals surface area contributed by atoms with Crippen molar-refractivity contribution >= 4 is 40.8 Å². The van der Waals surface area contributed by atoms with Crippen LogP contribution in [-0.4, -0.2) is 110 Å². The van der Waals surface area contributed by atoms with Crippen LogP contribution in [0.3, 0.4) is 0 Å². The zero-order valence-electron chi connectivity index (χ0n) is 25.1. The minimum absolute atomic E-state index is 0.0305. The summed E-state index contributed by atoms with van der Waals surface area (Å²) in [6.07, 6.45) is 0. The fourth-order valence-electron chi connectivity index (χ4n) is 4.98. The van der Waals surface area contributed by atoms with Gasteiger partial charge in [-0.2, -0.15) is 0 Å². The van der Waals surface area contributed by atoms with Gasteiger partial charge in [-0.15, -0.1) is 10.2 Å². The summed E-state index contributed by atoms with van der Waals surface area (Å²) < 4.78 is 10.8. The van der Waals surface area contributed by atoms with Gasteiger partial charge in [-0.05, 0) is 55.6 Å². The summed E-state index contributed by atoms with van der Waals surface area (Å²) in [5, 5.41) is 9.60. The summed E-state index contributed by atoms with van der Waals surface area (Å²) in [5.41, 5.74) is 1.84. The number of rotatable bonds is 12. The Morgan fingerprint density at radius 2 is 1.63 bits per heavy atom. The van der Waals surface area contributed by atoms with Crippen molar-refractivity contribution in [3.05, 3.63) is 64.1 Å². The van der Waals surface area contributed by atoms with E-state index >= 15 is 0 Å². The van der Waals surface area contributed by atoms with E-state index in [0.717, 1.165) is 24.5 Å². The molecule has 0 bridgehead atoms. The molecule has 1 saturated heterocycles. The minimum atomic E-state index is -0.287. The Bertz CT molecular complexity index is 1400. The number of nitrogens with zero attached hydrogens (tertiary/aromatic N) is 6. The Hall–Kier alpha value is -3.60. The van der Waals surface area contributed by atoms with E-state index in [1.165, 1.54) is 0 Å². The normalized spacial score (nSPS) is 13.3. The summed E-state index contributed by atoms with van der Waals surface area (Å²) in [4.78, 5) is 34.6. The third-order valence-electron chi connectivity index (χ3n) is 7.65. The zero-order chi connectivity index (χ0) is 30.9. The van der Waals surface area contributed by atoms with Gasteiger partial charge in [-0.3, -0.25) is 9.59 Å². The predicted molar refractivity (Wildman–Crippen MR) is 170 cm³/mol. The van der Waals surface area contributed by atoms with Gasteiger partial charge in [0.2, 0.25) is 5.91 Å². The molecule has 1 aliphatic heterocycles. The molecule has 0 spiro atoms. The SMILES string of the molecule is CCN(CC)CCN(CC(=O)N1CCN(c2ccc(-c3ccc(OC)cc3OC)nn2)CC1)C(=O)c1ccc(Cl)cc1Cl. The quantitative estimate of drug-likeness (QED) is 0.287.